The molecule has 1 N–H and O–H groups in total. The first-order valence-corrected chi connectivity index (χ1v) is 7.17. The minimum Gasteiger partial charge on any atom is -0.495 e. The molecule has 1 heterocycles. The van der Waals surface area contributed by atoms with Crippen LogP contribution in [0.5, 0.6) is 5.75 Å². The maximum Gasteiger partial charge on any atom is 0.253 e. The van der Waals surface area contributed by atoms with Gasteiger partial charge in [-0.3, -0.25) is 19.3 Å². The van der Waals surface area contributed by atoms with Gasteiger partial charge in [0.15, 0.2) is 0 Å². The Kier molecular flexibility index (Phi) is 5.30. The summed E-state index contributed by atoms with van der Waals surface area (Å²) in [4.78, 5) is 36.1. The lowest BCUT2D eigenvalue weighted by Crippen LogP contribution is -2.37. The number of anilines is 1. The molecule has 0 aliphatic carbocycles. The Balaban J connectivity index is 2.15. The van der Waals surface area contributed by atoms with Crippen molar-refractivity contribution in [3.63, 3.8) is 0 Å². The second kappa shape index (κ2) is 7.40. The minimum absolute atomic E-state index is 0.216. The highest BCUT2D eigenvalue weighted by atomic mass is 16.5. The molecule has 2 rings (SSSR count). The van der Waals surface area contributed by atoms with Crippen LogP contribution in [-0.4, -0.2) is 36.3 Å². The zero-order valence-electron chi connectivity index (χ0n) is 13.0. The van der Waals surface area contributed by atoms with Crippen molar-refractivity contribution in [3.8, 4) is 5.75 Å². The van der Waals surface area contributed by atoms with E-state index in [1.165, 1.54) is 31.1 Å². The van der Waals surface area contributed by atoms with Crippen LogP contribution in [0.2, 0.25) is 0 Å². The monoisotopic (exact) mass is 314 g/mol. The second-order valence-electron chi connectivity index (χ2n) is 4.99. The molecule has 23 heavy (non-hydrogen) atoms. The van der Waals surface area contributed by atoms with E-state index >= 15 is 0 Å². The van der Waals surface area contributed by atoms with E-state index in [1.54, 1.807) is 30.4 Å². The molecule has 0 saturated carbocycles. The van der Waals surface area contributed by atoms with Gasteiger partial charge >= 0.3 is 0 Å². The van der Waals surface area contributed by atoms with E-state index in [0.29, 0.717) is 30.0 Å². The smallest absolute Gasteiger partial charge is 0.253 e. The highest BCUT2D eigenvalue weighted by molar-refractivity contribution is 6.07. The fourth-order valence-corrected chi connectivity index (χ4v) is 2.18. The number of rotatable bonds is 4. The van der Waals surface area contributed by atoms with Crippen molar-refractivity contribution in [1.82, 2.24) is 4.90 Å². The van der Waals surface area contributed by atoms with Gasteiger partial charge in [0.1, 0.15) is 5.75 Å². The van der Waals surface area contributed by atoms with Crippen LogP contribution in [-0.2, 0) is 14.4 Å². The molecule has 0 bridgehead atoms. The van der Waals surface area contributed by atoms with Crippen LogP contribution in [0.4, 0.5) is 5.69 Å². The summed E-state index contributed by atoms with van der Waals surface area (Å²) < 4.78 is 5.17. The molecule has 6 nitrogen and oxygen atoms in total. The van der Waals surface area contributed by atoms with E-state index in [-0.39, 0.29) is 17.7 Å². The molecule has 0 fully saturated rings. The van der Waals surface area contributed by atoms with Crippen molar-refractivity contribution in [1.29, 1.82) is 0 Å². The van der Waals surface area contributed by atoms with Gasteiger partial charge in [-0.25, -0.2) is 0 Å². The van der Waals surface area contributed by atoms with Gasteiger partial charge in [-0.15, -0.1) is 0 Å². The van der Waals surface area contributed by atoms with Gasteiger partial charge in [0.25, 0.3) is 11.8 Å². The van der Waals surface area contributed by atoms with Gasteiger partial charge in [0, 0.05) is 19.5 Å². The Labute approximate surface area is 134 Å². The lowest BCUT2D eigenvalue weighted by Gasteiger charge is -2.19. The van der Waals surface area contributed by atoms with Crippen LogP contribution < -0.4 is 10.1 Å². The quantitative estimate of drug-likeness (QED) is 0.862. The summed E-state index contributed by atoms with van der Waals surface area (Å²) in [7, 11) is 1.51. The van der Waals surface area contributed by atoms with E-state index in [9.17, 15) is 14.4 Å². The lowest BCUT2D eigenvalue weighted by atomic mass is 10.1. The fourth-order valence-electron chi connectivity index (χ4n) is 2.18. The number of carbonyl (C=O) groups excluding carboxylic acids is 3. The summed E-state index contributed by atoms with van der Waals surface area (Å²) in [5, 5.41) is 2.67. The fraction of sp³-hybridized carbons (Fsp3) is 0.235. The van der Waals surface area contributed by atoms with Gasteiger partial charge in [-0.05, 0) is 36.3 Å². The summed E-state index contributed by atoms with van der Waals surface area (Å²) in [6.45, 7) is 1.79. The number of ether oxygens (including phenoxy) is 1. The second-order valence-corrected chi connectivity index (χ2v) is 4.99. The number of nitrogens with one attached hydrogen (secondary N) is 1. The van der Waals surface area contributed by atoms with Crippen LogP contribution in [0, 0.1) is 0 Å². The van der Waals surface area contributed by atoms with Crippen LogP contribution in [0.25, 0.3) is 6.08 Å². The summed E-state index contributed by atoms with van der Waals surface area (Å²) in [6, 6.07) is 5.15. The SMILES string of the molecule is COc1ccc(/C=C/C(=O)N2CCC=CC2=O)cc1NC(C)=O. The molecule has 1 aliphatic rings. The molecular formula is C17H18N2O4. The first kappa shape index (κ1) is 16.5. The third-order valence-electron chi connectivity index (χ3n) is 3.26. The molecule has 0 spiro atoms. The number of hydrogen-bond acceptors (Lipinski definition) is 4. The first-order chi connectivity index (χ1) is 11.0. The molecule has 120 valence electrons. The summed E-state index contributed by atoms with van der Waals surface area (Å²) in [6.07, 6.45) is 6.76. The van der Waals surface area contributed by atoms with E-state index in [1.807, 2.05) is 0 Å². The van der Waals surface area contributed by atoms with Crippen molar-refractivity contribution in [3.05, 3.63) is 42.0 Å². The molecule has 3 amide bonds. The van der Waals surface area contributed by atoms with E-state index < -0.39 is 0 Å². The molecule has 0 radical (unpaired) electrons. The highest BCUT2D eigenvalue weighted by Crippen LogP contribution is 2.26. The summed E-state index contributed by atoms with van der Waals surface area (Å²) in [5.41, 5.74) is 1.23. The van der Waals surface area contributed by atoms with Gasteiger partial charge < -0.3 is 10.1 Å². The number of methoxy groups -OCH3 is 1. The Morgan fingerprint density at radius 3 is 2.78 bits per heavy atom. The van der Waals surface area contributed by atoms with Gasteiger partial charge in [0.2, 0.25) is 5.91 Å². The molecule has 1 aromatic carbocycles. The Hall–Kier alpha value is -2.89. The average molecular weight is 314 g/mol. The number of hydrogen-bond donors (Lipinski definition) is 1. The molecule has 0 unspecified atom stereocenters. The molecular weight excluding hydrogens is 296 g/mol. The Morgan fingerprint density at radius 2 is 2.13 bits per heavy atom. The molecule has 0 atom stereocenters. The van der Waals surface area contributed by atoms with E-state index in [4.69, 9.17) is 4.74 Å². The van der Waals surface area contributed by atoms with E-state index in [2.05, 4.69) is 5.32 Å². The number of benzene rings is 1. The van der Waals surface area contributed by atoms with Crippen molar-refractivity contribution >= 4 is 29.5 Å². The lowest BCUT2D eigenvalue weighted by molar-refractivity contribution is -0.139. The molecule has 6 heteroatoms. The van der Waals surface area contributed by atoms with E-state index in [0.717, 1.165) is 0 Å². The molecule has 0 aromatic heterocycles. The molecule has 1 aliphatic heterocycles. The van der Waals surface area contributed by atoms with Crippen LogP contribution in [0.15, 0.2) is 36.4 Å². The number of carbonyl (C=O) groups is 3. The highest BCUT2D eigenvalue weighted by Gasteiger charge is 2.18. The maximum absolute atomic E-state index is 12.1. The zero-order valence-corrected chi connectivity index (χ0v) is 13.0. The third kappa shape index (κ3) is 4.29. The molecule has 1 aromatic rings. The minimum atomic E-state index is -0.365. The number of amides is 3. The largest absolute Gasteiger partial charge is 0.495 e. The van der Waals surface area contributed by atoms with Gasteiger partial charge in [0.05, 0.1) is 12.8 Å². The number of imide groups is 1. The average Bonchev–Trinajstić information content (AvgIpc) is 2.52. The van der Waals surface area contributed by atoms with Gasteiger partial charge in [-0.2, -0.15) is 0 Å². The van der Waals surface area contributed by atoms with Crippen molar-refractivity contribution in [2.75, 3.05) is 19.0 Å². The molecule has 0 saturated heterocycles. The van der Waals surface area contributed by atoms with Crippen molar-refractivity contribution in [2.24, 2.45) is 0 Å². The van der Waals surface area contributed by atoms with Crippen molar-refractivity contribution in [2.45, 2.75) is 13.3 Å². The van der Waals surface area contributed by atoms with Gasteiger partial charge in [-0.1, -0.05) is 12.1 Å². The third-order valence-corrected chi connectivity index (χ3v) is 3.26. The summed E-state index contributed by atoms with van der Waals surface area (Å²) >= 11 is 0. The first-order valence-electron chi connectivity index (χ1n) is 7.17. The van der Waals surface area contributed by atoms with Crippen LogP contribution in [0.1, 0.15) is 18.9 Å². The Morgan fingerprint density at radius 1 is 1.35 bits per heavy atom. The zero-order chi connectivity index (χ0) is 16.8. The standard InChI is InChI=1S/C17H18N2O4/c1-12(20)18-14-11-13(6-8-15(14)23-2)7-9-17(22)19-10-4-3-5-16(19)21/h3,5-9,11H,4,10H2,1-2H3,(H,18,20)/b9-7+. The maximum atomic E-state index is 12.1. The topological polar surface area (TPSA) is 75.7 Å². The van der Waals surface area contributed by atoms with Crippen molar-refractivity contribution < 1.29 is 19.1 Å². The normalized spacial score (nSPS) is 14.2. The predicted molar refractivity (Wildman–Crippen MR) is 86.8 cm³/mol. The summed E-state index contributed by atoms with van der Waals surface area (Å²) in [5.74, 6) is -0.359. The number of nitrogens with zero attached hydrogens (tertiary/aromatic N) is 1. The predicted octanol–water partition coefficient (Wildman–Crippen LogP) is 1.98. The van der Waals surface area contributed by atoms with Crippen LogP contribution >= 0.6 is 0 Å². The van der Waals surface area contributed by atoms with Crippen LogP contribution in [0.3, 0.4) is 0 Å². The Bertz CT molecular complexity index is 692.